The molecule has 8 nitrogen and oxygen atoms in total. The smallest absolute Gasteiger partial charge is 0.338 e. The molecule has 128 valence electrons. The van der Waals surface area contributed by atoms with Crippen LogP contribution < -0.4 is 0 Å². The summed E-state index contributed by atoms with van der Waals surface area (Å²) in [5.74, 6) is -2.37. The fourth-order valence-electron chi connectivity index (χ4n) is 1.69. The van der Waals surface area contributed by atoms with Gasteiger partial charge in [-0.25, -0.2) is 9.59 Å². The maximum atomic E-state index is 11.6. The molecule has 0 amide bonds. The first-order valence-electron chi connectivity index (χ1n) is 6.98. The molecular formula is C15H20O8. The van der Waals surface area contributed by atoms with E-state index in [-0.39, 0.29) is 13.2 Å². The Bertz CT molecular complexity index is 503. The zero-order valence-electron chi connectivity index (χ0n) is 12.5. The minimum Gasteiger partial charge on any atom is -0.464 e. The summed E-state index contributed by atoms with van der Waals surface area (Å²) in [6, 6.07) is 8.61. The molecule has 1 aromatic rings. The Labute approximate surface area is 132 Å². The van der Waals surface area contributed by atoms with E-state index >= 15 is 0 Å². The molecule has 0 heterocycles. The van der Waals surface area contributed by atoms with E-state index in [0.717, 1.165) is 0 Å². The van der Waals surface area contributed by atoms with Gasteiger partial charge in [0.15, 0.2) is 12.2 Å². The van der Waals surface area contributed by atoms with Gasteiger partial charge in [0.25, 0.3) is 0 Å². The lowest BCUT2D eigenvalue weighted by Gasteiger charge is -2.24. The Kier molecular flexibility index (Phi) is 7.63. The molecule has 0 radical (unpaired) electrons. The average molecular weight is 328 g/mol. The van der Waals surface area contributed by atoms with Crippen LogP contribution in [0.25, 0.3) is 0 Å². The fourth-order valence-corrected chi connectivity index (χ4v) is 1.69. The Balaban J connectivity index is 2.55. The van der Waals surface area contributed by atoms with Gasteiger partial charge in [-0.15, -0.1) is 0 Å². The van der Waals surface area contributed by atoms with Crippen molar-refractivity contribution in [2.45, 2.75) is 37.9 Å². The van der Waals surface area contributed by atoms with Crippen LogP contribution in [0, 0.1) is 0 Å². The van der Waals surface area contributed by atoms with E-state index in [9.17, 15) is 30.0 Å². The predicted molar refractivity (Wildman–Crippen MR) is 76.9 cm³/mol. The molecule has 4 N–H and O–H groups in total. The lowest BCUT2D eigenvalue weighted by Crippen LogP contribution is -2.50. The van der Waals surface area contributed by atoms with Crippen molar-refractivity contribution in [2.24, 2.45) is 0 Å². The molecule has 0 aliphatic rings. The molecular weight excluding hydrogens is 308 g/mol. The van der Waals surface area contributed by atoms with Gasteiger partial charge in [-0.1, -0.05) is 30.3 Å². The third kappa shape index (κ3) is 5.61. The van der Waals surface area contributed by atoms with Gasteiger partial charge < -0.3 is 29.9 Å². The highest BCUT2D eigenvalue weighted by Gasteiger charge is 2.38. The average Bonchev–Trinajstić information content (AvgIpc) is 2.58. The number of ether oxygens (including phenoxy) is 2. The van der Waals surface area contributed by atoms with Gasteiger partial charge in [-0.3, -0.25) is 0 Å². The third-order valence-corrected chi connectivity index (χ3v) is 2.99. The second-order valence-electron chi connectivity index (χ2n) is 4.72. The summed E-state index contributed by atoms with van der Waals surface area (Å²) in [4.78, 5) is 22.9. The largest absolute Gasteiger partial charge is 0.464 e. The molecule has 0 spiro atoms. The number of carbonyl (C=O) groups excluding carboxylic acids is 2. The van der Waals surface area contributed by atoms with Crippen molar-refractivity contribution in [1.29, 1.82) is 0 Å². The van der Waals surface area contributed by atoms with Gasteiger partial charge in [-0.05, 0) is 12.5 Å². The molecule has 0 unspecified atom stereocenters. The van der Waals surface area contributed by atoms with Gasteiger partial charge in [0.1, 0.15) is 18.8 Å². The maximum absolute atomic E-state index is 11.6. The summed E-state index contributed by atoms with van der Waals surface area (Å²) in [6.45, 7) is 1.31. The van der Waals surface area contributed by atoms with Gasteiger partial charge in [-0.2, -0.15) is 0 Å². The standard InChI is InChI=1S/C15H20O8/c1-2-22-14(20)12(18)10(16)11(17)13(19)15(21)23-8-9-6-4-3-5-7-9/h3-7,10-13,16-19H,2,8H2,1H3/t10-,11-,12+,13+/m1/s1. The summed E-state index contributed by atoms with van der Waals surface area (Å²) in [5.41, 5.74) is 0.662. The van der Waals surface area contributed by atoms with Crippen LogP contribution in [0.4, 0.5) is 0 Å². The zero-order valence-corrected chi connectivity index (χ0v) is 12.5. The molecule has 0 fully saturated rings. The summed E-state index contributed by atoms with van der Waals surface area (Å²) < 4.78 is 9.25. The molecule has 23 heavy (non-hydrogen) atoms. The highest BCUT2D eigenvalue weighted by molar-refractivity contribution is 5.77. The summed E-state index contributed by atoms with van der Waals surface area (Å²) in [7, 11) is 0. The van der Waals surface area contributed by atoms with Crippen molar-refractivity contribution in [3.8, 4) is 0 Å². The highest BCUT2D eigenvalue weighted by atomic mass is 16.6. The number of hydrogen-bond acceptors (Lipinski definition) is 8. The Morgan fingerprint density at radius 2 is 1.39 bits per heavy atom. The minimum absolute atomic E-state index is 0.0413. The monoisotopic (exact) mass is 328 g/mol. The molecule has 0 aromatic heterocycles. The number of rotatable bonds is 8. The minimum atomic E-state index is -2.13. The summed E-state index contributed by atoms with van der Waals surface area (Å²) >= 11 is 0. The van der Waals surface area contributed by atoms with Crippen LogP contribution in [0.15, 0.2) is 30.3 Å². The van der Waals surface area contributed by atoms with Crippen LogP contribution >= 0.6 is 0 Å². The molecule has 4 atom stereocenters. The van der Waals surface area contributed by atoms with Crippen molar-refractivity contribution in [1.82, 2.24) is 0 Å². The first-order valence-corrected chi connectivity index (χ1v) is 6.98. The molecule has 0 saturated heterocycles. The molecule has 1 aromatic carbocycles. The lowest BCUT2D eigenvalue weighted by molar-refractivity contribution is -0.179. The fraction of sp³-hybridized carbons (Fsp3) is 0.467. The molecule has 0 aliphatic carbocycles. The van der Waals surface area contributed by atoms with E-state index < -0.39 is 36.4 Å². The van der Waals surface area contributed by atoms with Crippen molar-refractivity contribution >= 4 is 11.9 Å². The number of hydrogen-bond donors (Lipinski definition) is 4. The first kappa shape index (κ1) is 19.0. The van der Waals surface area contributed by atoms with E-state index in [4.69, 9.17) is 4.74 Å². The SMILES string of the molecule is CCOC(=O)[C@@H](O)[C@H](O)[C@@H](O)[C@H](O)C(=O)OCc1ccccc1. The van der Waals surface area contributed by atoms with Crippen molar-refractivity contribution in [2.75, 3.05) is 6.61 Å². The van der Waals surface area contributed by atoms with Crippen LogP contribution in [0.5, 0.6) is 0 Å². The van der Waals surface area contributed by atoms with Crippen LogP contribution in [-0.2, 0) is 25.7 Å². The van der Waals surface area contributed by atoms with Gasteiger partial charge in [0.2, 0.25) is 0 Å². The lowest BCUT2D eigenvalue weighted by atomic mass is 10.0. The van der Waals surface area contributed by atoms with E-state index in [1.807, 2.05) is 0 Å². The van der Waals surface area contributed by atoms with Crippen LogP contribution in [0.1, 0.15) is 12.5 Å². The van der Waals surface area contributed by atoms with E-state index in [1.165, 1.54) is 6.92 Å². The Hall–Kier alpha value is -2.00. The van der Waals surface area contributed by atoms with E-state index in [0.29, 0.717) is 5.56 Å². The molecule has 1 rings (SSSR count). The Morgan fingerprint density at radius 3 is 1.87 bits per heavy atom. The van der Waals surface area contributed by atoms with Crippen molar-refractivity contribution < 1.29 is 39.5 Å². The van der Waals surface area contributed by atoms with Gasteiger partial charge >= 0.3 is 11.9 Å². The number of benzene rings is 1. The zero-order chi connectivity index (χ0) is 17.4. The summed E-state index contributed by atoms with van der Waals surface area (Å²) in [5, 5.41) is 38.4. The second kappa shape index (κ2) is 9.21. The third-order valence-electron chi connectivity index (χ3n) is 2.99. The molecule has 0 saturated carbocycles. The highest BCUT2D eigenvalue weighted by Crippen LogP contribution is 2.10. The normalized spacial score (nSPS) is 16.0. The summed E-state index contributed by atoms with van der Waals surface area (Å²) in [6.07, 6.45) is -8.44. The van der Waals surface area contributed by atoms with Crippen LogP contribution in [0.2, 0.25) is 0 Å². The maximum Gasteiger partial charge on any atom is 0.338 e. The number of aliphatic hydroxyl groups is 4. The van der Waals surface area contributed by atoms with Crippen molar-refractivity contribution in [3.63, 3.8) is 0 Å². The van der Waals surface area contributed by atoms with Crippen LogP contribution in [-0.4, -0.2) is 63.4 Å². The molecule has 0 aliphatic heterocycles. The van der Waals surface area contributed by atoms with Gasteiger partial charge in [0.05, 0.1) is 6.61 Å². The molecule has 8 heteroatoms. The second-order valence-corrected chi connectivity index (χ2v) is 4.72. The number of aliphatic hydroxyl groups excluding tert-OH is 4. The van der Waals surface area contributed by atoms with Crippen molar-refractivity contribution in [3.05, 3.63) is 35.9 Å². The first-order chi connectivity index (χ1) is 10.9. The predicted octanol–water partition coefficient (Wildman–Crippen LogP) is -1.26. The quantitative estimate of drug-likeness (QED) is 0.434. The Morgan fingerprint density at radius 1 is 0.913 bits per heavy atom. The van der Waals surface area contributed by atoms with Crippen LogP contribution in [0.3, 0.4) is 0 Å². The van der Waals surface area contributed by atoms with E-state index in [2.05, 4.69) is 4.74 Å². The number of esters is 2. The molecule has 0 bridgehead atoms. The topological polar surface area (TPSA) is 134 Å². The van der Waals surface area contributed by atoms with Gasteiger partial charge in [0, 0.05) is 0 Å². The van der Waals surface area contributed by atoms with E-state index in [1.54, 1.807) is 30.3 Å². The number of carbonyl (C=O) groups is 2.